The summed E-state index contributed by atoms with van der Waals surface area (Å²) in [5, 5.41) is 3.05. The monoisotopic (exact) mass is 243 g/mol. The first-order valence-corrected chi connectivity index (χ1v) is 6.72. The van der Waals surface area contributed by atoms with E-state index in [1.54, 1.807) is 0 Å². The third kappa shape index (κ3) is 3.22. The van der Waals surface area contributed by atoms with Crippen LogP contribution in [-0.4, -0.2) is 5.91 Å². The topological polar surface area (TPSA) is 29.1 Å². The van der Waals surface area contributed by atoms with Crippen LogP contribution in [0.1, 0.15) is 44.6 Å². The fraction of sp³-hybridized carbons (Fsp3) is 0.438. The van der Waals surface area contributed by atoms with Gasteiger partial charge < -0.3 is 5.32 Å². The molecular weight excluding hydrogens is 222 g/mol. The maximum atomic E-state index is 12.0. The van der Waals surface area contributed by atoms with Gasteiger partial charge in [0, 0.05) is 12.1 Å². The van der Waals surface area contributed by atoms with Gasteiger partial charge in [0.25, 0.3) is 0 Å². The SMILES string of the molecule is CC(C)c1ccccc1NC(=O)CC1C=CCC1. The van der Waals surface area contributed by atoms with Crippen molar-refractivity contribution >= 4 is 11.6 Å². The lowest BCUT2D eigenvalue weighted by Crippen LogP contribution is -2.16. The van der Waals surface area contributed by atoms with Crippen molar-refractivity contribution in [3.8, 4) is 0 Å². The predicted molar refractivity (Wildman–Crippen MR) is 75.6 cm³/mol. The van der Waals surface area contributed by atoms with Crippen molar-refractivity contribution in [1.82, 2.24) is 0 Å². The van der Waals surface area contributed by atoms with Gasteiger partial charge in [-0.25, -0.2) is 0 Å². The molecule has 2 rings (SSSR count). The molecule has 2 heteroatoms. The Morgan fingerprint density at radius 2 is 2.17 bits per heavy atom. The van der Waals surface area contributed by atoms with E-state index in [4.69, 9.17) is 0 Å². The fourth-order valence-electron chi connectivity index (χ4n) is 2.42. The van der Waals surface area contributed by atoms with Gasteiger partial charge >= 0.3 is 0 Å². The van der Waals surface area contributed by atoms with Crippen LogP contribution in [0.4, 0.5) is 5.69 Å². The first-order valence-electron chi connectivity index (χ1n) is 6.72. The number of nitrogens with one attached hydrogen (secondary N) is 1. The molecule has 1 aromatic rings. The first kappa shape index (κ1) is 12.9. The Hall–Kier alpha value is -1.57. The third-order valence-electron chi connectivity index (χ3n) is 3.42. The largest absolute Gasteiger partial charge is 0.326 e. The first-order chi connectivity index (χ1) is 8.66. The van der Waals surface area contributed by atoms with Gasteiger partial charge in [-0.05, 0) is 36.3 Å². The Bertz CT molecular complexity index is 448. The molecule has 0 fully saturated rings. The zero-order valence-electron chi connectivity index (χ0n) is 11.1. The molecule has 96 valence electrons. The molecule has 0 aromatic heterocycles. The van der Waals surface area contributed by atoms with Crippen molar-refractivity contribution in [2.45, 2.75) is 39.0 Å². The molecule has 0 aliphatic heterocycles. The molecule has 1 aliphatic rings. The number of carbonyl (C=O) groups excluding carboxylic acids is 1. The number of rotatable bonds is 4. The lowest BCUT2D eigenvalue weighted by atomic mass is 10.0. The van der Waals surface area contributed by atoms with E-state index in [-0.39, 0.29) is 5.91 Å². The molecule has 0 spiro atoms. The van der Waals surface area contributed by atoms with Crippen LogP contribution in [0, 0.1) is 5.92 Å². The summed E-state index contributed by atoms with van der Waals surface area (Å²) >= 11 is 0. The lowest BCUT2D eigenvalue weighted by molar-refractivity contribution is -0.116. The summed E-state index contributed by atoms with van der Waals surface area (Å²) < 4.78 is 0. The minimum atomic E-state index is 0.125. The predicted octanol–water partition coefficient (Wildman–Crippen LogP) is 4.10. The Kier molecular flexibility index (Phi) is 4.19. The average Bonchev–Trinajstić information content (AvgIpc) is 2.82. The highest BCUT2D eigenvalue weighted by Crippen LogP contribution is 2.25. The number of allylic oxidation sites excluding steroid dienone is 2. The number of hydrogen-bond donors (Lipinski definition) is 1. The van der Waals surface area contributed by atoms with Gasteiger partial charge in [-0.1, -0.05) is 44.2 Å². The van der Waals surface area contributed by atoms with Crippen molar-refractivity contribution < 1.29 is 4.79 Å². The zero-order valence-corrected chi connectivity index (χ0v) is 11.1. The van der Waals surface area contributed by atoms with Crippen LogP contribution in [0.5, 0.6) is 0 Å². The van der Waals surface area contributed by atoms with E-state index in [2.05, 4.69) is 37.4 Å². The van der Waals surface area contributed by atoms with Crippen LogP contribution >= 0.6 is 0 Å². The smallest absolute Gasteiger partial charge is 0.224 e. The molecule has 1 amide bonds. The fourth-order valence-corrected chi connectivity index (χ4v) is 2.42. The van der Waals surface area contributed by atoms with Crippen molar-refractivity contribution in [3.63, 3.8) is 0 Å². The standard InChI is InChI=1S/C16H21NO/c1-12(2)14-9-5-6-10-15(14)17-16(18)11-13-7-3-4-8-13/h3,5-7,9-10,12-13H,4,8,11H2,1-2H3,(H,17,18). The van der Waals surface area contributed by atoms with E-state index in [0.29, 0.717) is 18.3 Å². The highest BCUT2D eigenvalue weighted by molar-refractivity contribution is 5.91. The summed E-state index contributed by atoms with van der Waals surface area (Å²) in [5.74, 6) is 0.976. The minimum Gasteiger partial charge on any atom is -0.326 e. The number of amides is 1. The molecule has 0 radical (unpaired) electrons. The van der Waals surface area contributed by atoms with E-state index >= 15 is 0 Å². The summed E-state index contributed by atoms with van der Waals surface area (Å²) in [4.78, 5) is 12.0. The Labute approximate surface area is 109 Å². The van der Waals surface area contributed by atoms with E-state index in [1.807, 2.05) is 18.2 Å². The molecule has 1 N–H and O–H groups in total. The van der Waals surface area contributed by atoms with Gasteiger partial charge in [0.05, 0.1) is 0 Å². The Morgan fingerprint density at radius 1 is 1.39 bits per heavy atom. The number of anilines is 1. The summed E-state index contributed by atoms with van der Waals surface area (Å²) in [5.41, 5.74) is 2.16. The molecule has 0 saturated carbocycles. The molecular formula is C16H21NO. The van der Waals surface area contributed by atoms with Crippen molar-refractivity contribution in [3.05, 3.63) is 42.0 Å². The van der Waals surface area contributed by atoms with Gasteiger partial charge in [-0.2, -0.15) is 0 Å². The van der Waals surface area contributed by atoms with Crippen LogP contribution in [-0.2, 0) is 4.79 Å². The van der Waals surface area contributed by atoms with Gasteiger partial charge in [0.1, 0.15) is 0 Å². The summed E-state index contributed by atoms with van der Waals surface area (Å²) in [6.45, 7) is 4.29. The average molecular weight is 243 g/mol. The number of carbonyl (C=O) groups is 1. The second-order valence-corrected chi connectivity index (χ2v) is 5.26. The van der Waals surface area contributed by atoms with Crippen molar-refractivity contribution in [2.75, 3.05) is 5.32 Å². The molecule has 18 heavy (non-hydrogen) atoms. The number of hydrogen-bond acceptors (Lipinski definition) is 1. The maximum absolute atomic E-state index is 12.0. The highest BCUT2D eigenvalue weighted by atomic mass is 16.1. The van der Waals surface area contributed by atoms with Crippen molar-refractivity contribution in [2.24, 2.45) is 5.92 Å². The summed E-state index contributed by atoms with van der Waals surface area (Å²) in [7, 11) is 0. The summed E-state index contributed by atoms with van der Waals surface area (Å²) in [6.07, 6.45) is 7.15. The molecule has 1 atom stereocenters. The summed E-state index contributed by atoms with van der Waals surface area (Å²) in [6, 6.07) is 8.05. The second kappa shape index (κ2) is 5.85. The second-order valence-electron chi connectivity index (χ2n) is 5.26. The highest BCUT2D eigenvalue weighted by Gasteiger charge is 2.15. The van der Waals surface area contributed by atoms with Crippen LogP contribution in [0.15, 0.2) is 36.4 Å². The molecule has 1 unspecified atom stereocenters. The van der Waals surface area contributed by atoms with E-state index in [0.717, 1.165) is 18.5 Å². The normalized spacial score (nSPS) is 18.3. The zero-order chi connectivity index (χ0) is 13.0. The van der Waals surface area contributed by atoms with Crippen LogP contribution < -0.4 is 5.32 Å². The minimum absolute atomic E-state index is 0.125. The number of benzene rings is 1. The quantitative estimate of drug-likeness (QED) is 0.792. The van der Waals surface area contributed by atoms with E-state index in [9.17, 15) is 4.79 Å². The molecule has 1 aliphatic carbocycles. The van der Waals surface area contributed by atoms with Crippen LogP contribution in [0.25, 0.3) is 0 Å². The van der Waals surface area contributed by atoms with Crippen molar-refractivity contribution in [1.29, 1.82) is 0 Å². The van der Waals surface area contributed by atoms with Gasteiger partial charge in [-0.3, -0.25) is 4.79 Å². The molecule has 0 saturated heterocycles. The van der Waals surface area contributed by atoms with E-state index < -0.39 is 0 Å². The van der Waals surface area contributed by atoms with Crippen LogP contribution in [0.2, 0.25) is 0 Å². The van der Waals surface area contributed by atoms with Gasteiger partial charge in [0.2, 0.25) is 5.91 Å². The Morgan fingerprint density at radius 3 is 2.83 bits per heavy atom. The molecule has 0 bridgehead atoms. The van der Waals surface area contributed by atoms with Crippen LogP contribution in [0.3, 0.4) is 0 Å². The number of para-hydroxylation sites is 1. The molecule has 0 heterocycles. The lowest BCUT2D eigenvalue weighted by Gasteiger charge is -2.14. The molecule has 1 aromatic carbocycles. The van der Waals surface area contributed by atoms with Gasteiger partial charge in [-0.15, -0.1) is 0 Å². The van der Waals surface area contributed by atoms with E-state index in [1.165, 1.54) is 5.56 Å². The third-order valence-corrected chi connectivity index (χ3v) is 3.42. The maximum Gasteiger partial charge on any atom is 0.224 e. The molecule has 2 nitrogen and oxygen atoms in total. The Balaban J connectivity index is 2.00. The van der Waals surface area contributed by atoms with Gasteiger partial charge in [0.15, 0.2) is 0 Å².